The lowest BCUT2D eigenvalue weighted by atomic mass is 9.67. The van der Waals surface area contributed by atoms with Gasteiger partial charge in [-0.3, -0.25) is 0 Å². The number of fused-ring (bicyclic) bond motifs is 7. The molecule has 1 spiro atoms. The highest BCUT2D eigenvalue weighted by atomic mass is 35.5. The van der Waals surface area contributed by atoms with Crippen LogP contribution in [0.25, 0.3) is 0 Å². The second-order valence-electron chi connectivity index (χ2n) is 8.10. The second-order valence-corrected chi connectivity index (χ2v) is 9.79. The zero-order valence-electron chi connectivity index (χ0n) is 16.9. The summed E-state index contributed by atoms with van der Waals surface area (Å²) in [6.07, 6.45) is 1.86. The Morgan fingerprint density at radius 3 is 2.25 bits per heavy atom. The van der Waals surface area contributed by atoms with Crippen LogP contribution in [0.4, 0.5) is 11.4 Å². The lowest BCUT2D eigenvalue weighted by molar-refractivity contribution is 0.173. The minimum Gasteiger partial charge on any atom is -0.491 e. The Labute approximate surface area is 193 Å². The normalized spacial score (nSPS) is 16.5. The van der Waals surface area contributed by atoms with Crippen LogP contribution in [0.15, 0.2) is 66.9 Å². The summed E-state index contributed by atoms with van der Waals surface area (Å²) in [5.41, 5.74) is 5.43. The summed E-state index contributed by atoms with van der Waals surface area (Å²) in [7, 11) is 0. The highest BCUT2D eigenvalue weighted by Gasteiger charge is 2.50. The van der Waals surface area contributed by atoms with Gasteiger partial charge in [0.05, 0.1) is 12.0 Å². The number of benzene rings is 3. The molecule has 0 saturated carbocycles. The van der Waals surface area contributed by atoms with Crippen LogP contribution in [-0.2, 0) is 12.0 Å². The van der Waals surface area contributed by atoms with Gasteiger partial charge < -0.3 is 19.1 Å². The molecule has 0 radical (unpaired) electrons. The molecule has 32 heavy (non-hydrogen) atoms. The summed E-state index contributed by atoms with van der Waals surface area (Å²) in [6.45, 7) is 1.46. The maximum atomic E-state index is 6.31. The van der Waals surface area contributed by atoms with E-state index >= 15 is 0 Å². The minimum absolute atomic E-state index is 0.240. The van der Waals surface area contributed by atoms with E-state index in [0.717, 1.165) is 39.1 Å². The third-order valence-corrected chi connectivity index (χ3v) is 7.63. The molecule has 3 aliphatic rings. The Balaban J connectivity index is 1.48. The van der Waals surface area contributed by atoms with E-state index in [1.54, 1.807) is 0 Å². The van der Waals surface area contributed by atoms with E-state index in [0.29, 0.717) is 17.6 Å². The molecular formula is C25H17ClN2O3S. The number of nitrogens with zero attached hydrogens (tertiary/aromatic N) is 2. The van der Waals surface area contributed by atoms with Crippen LogP contribution in [0.1, 0.15) is 21.6 Å². The Morgan fingerprint density at radius 1 is 0.875 bits per heavy atom. The molecular weight excluding hydrogens is 444 g/mol. The van der Waals surface area contributed by atoms with Gasteiger partial charge >= 0.3 is 0 Å². The summed E-state index contributed by atoms with van der Waals surface area (Å²) >= 11 is 7.64. The van der Waals surface area contributed by atoms with E-state index < -0.39 is 5.41 Å². The molecule has 3 aliphatic heterocycles. The number of para-hydroxylation sites is 2. The van der Waals surface area contributed by atoms with Gasteiger partial charge in [-0.15, -0.1) is 11.3 Å². The van der Waals surface area contributed by atoms with Gasteiger partial charge in [-0.1, -0.05) is 48.0 Å². The van der Waals surface area contributed by atoms with E-state index in [4.69, 9.17) is 25.8 Å². The van der Waals surface area contributed by atoms with E-state index in [1.165, 1.54) is 22.5 Å². The van der Waals surface area contributed by atoms with E-state index in [-0.39, 0.29) is 6.79 Å². The van der Waals surface area contributed by atoms with Crippen LogP contribution in [-0.4, -0.2) is 18.4 Å². The highest BCUT2D eigenvalue weighted by Crippen LogP contribution is 2.59. The fourth-order valence-electron chi connectivity index (χ4n) is 5.18. The Hall–Kier alpha value is -3.22. The molecule has 4 heterocycles. The van der Waals surface area contributed by atoms with Crippen LogP contribution in [0.5, 0.6) is 17.2 Å². The van der Waals surface area contributed by atoms with Gasteiger partial charge in [0.25, 0.3) is 0 Å². The molecule has 0 N–H and O–H groups in total. The molecule has 0 amide bonds. The summed E-state index contributed by atoms with van der Waals surface area (Å²) < 4.78 is 18.2. The van der Waals surface area contributed by atoms with Crippen molar-refractivity contribution in [2.24, 2.45) is 0 Å². The molecule has 4 aromatic rings. The van der Waals surface area contributed by atoms with Crippen LogP contribution in [0, 0.1) is 0 Å². The van der Waals surface area contributed by atoms with Crippen molar-refractivity contribution >= 4 is 34.3 Å². The zero-order valence-corrected chi connectivity index (χ0v) is 18.4. The largest absolute Gasteiger partial charge is 0.491 e. The minimum atomic E-state index is -0.425. The van der Waals surface area contributed by atoms with Crippen LogP contribution in [0.2, 0.25) is 4.47 Å². The molecule has 7 heteroatoms. The lowest BCUT2D eigenvalue weighted by Crippen LogP contribution is -2.39. The first-order valence-corrected chi connectivity index (χ1v) is 11.6. The average Bonchev–Trinajstić information content (AvgIpc) is 3.54. The van der Waals surface area contributed by atoms with Crippen LogP contribution in [0.3, 0.4) is 0 Å². The van der Waals surface area contributed by atoms with Crippen molar-refractivity contribution in [3.8, 4) is 17.2 Å². The van der Waals surface area contributed by atoms with Crippen molar-refractivity contribution in [2.45, 2.75) is 12.0 Å². The molecule has 0 fully saturated rings. The van der Waals surface area contributed by atoms with Crippen molar-refractivity contribution < 1.29 is 14.2 Å². The zero-order chi connectivity index (χ0) is 21.3. The van der Waals surface area contributed by atoms with Gasteiger partial charge in [0.15, 0.2) is 16.0 Å². The first-order valence-electron chi connectivity index (χ1n) is 10.4. The molecule has 5 nitrogen and oxygen atoms in total. The third kappa shape index (κ3) is 2.42. The maximum absolute atomic E-state index is 6.31. The lowest BCUT2D eigenvalue weighted by Gasteiger charge is -2.43. The van der Waals surface area contributed by atoms with Gasteiger partial charge in [0.1, 0.15) is 12.4 Å². The standard InChI is InChI=1S/C25H17ClN2O3S/c26-24-27-11-15(32-24)12-28-19-7-3-1-5-16(19)25(17-6-2-4-8-20(17)28)13-29-21-10-23-22(9-18(21)25)30-14-31-23/h1-11H,12-14H2. The van der Waals surface area contributed by atoms with Crippen molar-refractivity contribution in [1.82, 2.24) is 4.98 Å². The van der Waals surface area contributed by atoms with Crippen LogP contribution < -0.4 is 19.1 Å². The highest BCUT2D eigenvalue weighted by molar-refractivity contribution is 7.15. The molecule has 0 aliphatic carbocycles. The quantitative estimate of drug-likeness (QED) is 0.372. The van der Waals surface area contributed by atoms with E-state index in [1.807, 2.05) is 12.3 Å². The summed E-state index contributed by atoms with van der Waals surface area (Å²) in [6, 6.07) is 21.2. The molecule has 0 unspecified atom stereocenters. The number of hydrogen-bond donors (Lipinski definition) is 0. The number of ether oxygens (including phenoxy) is 3. The molecule has 0 saturated heterocycles. The van der Waals surface area contributed by atoms with Crippen molar-refractivity contribution in [3.63, 3.8) is 0 Å². The topological polar surface area (TPSA) is 43.8 Å². The smallest absolute Gasteiger partial charge is 0.231 e. The predicted molar refractivity (Wildman–Crippen MR) is 124 cm³/mol. The fourth-order valence-corrected chi connectivity index (χ4v) is 6.15. The Morgan fingerprint density at radius 2 is 1.56 bits per heavy atom. The Bertz CT molecular complexity index is 1340. The fraction of sp³-hybridized carbons (Fsp3) is 0.160. The van der Waals surface area contributed by atoms with E-state index in [2.05, 4.69) is 64.5 Å². The molecule has 3 aromatic carbocycles. The van der Waals surface area contributed by atoms with Gasteiger partial charge in [-0.25, -0.2) is 4.98 Å². The van der Waals surface area contributed by atoms with Crippen molar-refractivity contribution in [3.05, 3.63) is 92.9 Å². The summed E-state index contributed by atoms with van der Waals surface area (Å²) in [5, 5.41) is 0. The van der Waals surface area contributed by atoms with Gasteiger partial charge in [0.2, 0.25) is 6.79 Å². The molecule has 158 valence electrons. The first-order chi connectivity index (χ1) is 15.7. The average molecular weight is 461 g/mol. The predicted octanol–water partition coefficient (Wildman–Crippen LogP) is 5.90. The van der Waals surface area contributed by atoms with Crippen molar-refractivity contribution in [2.75, 3.05) is 18.3 Å². The van der Waals surface area contributed by atoms with Gasteiger partial charge in [-0.2, -0.15) is 0 Å². The van der Waals surface area contributed by atoms with E-state index in [9.17, 15) is 0 Å². The summed E-state index contributed by atoms with van der Waals surface area (Å²) in [4.78, 5) is 7.70. The second kappa shape index (κ2) is 6.64. The number of halogens is 1. The number of hydrogen-bond acceptors (Lipinski definition) is 6. The van der Waals surface area contributed by atoms with Crippen molar-refractivity contribution in [1.29, 1.82) is 0 Å². The summed E-state index contributed by atoms with van der Waals surface area (Å²) in [5.74, 6) is 2.36. The monoisotopic (exact) mass is 460 g/mol. The van der Waals surface area contributed by atoms with Crippen LogP contribution >= 0.6 is 22.9 Å². The number of rotatable bonds is 2. The maximum Gasteiger partial charge on any atom is 0.231 e. The number of aromatic nitrogens is 1. The molecule has 0 atom stereocenters. The third-order valence-electron chi connectivity index (χ3n) is 6.53. The molecule has 1 aromatic heterocycles. The Kier molecular flexibility index (Phi) is 3.81. The van der Waals surface area contributed by atoms with Gasteiger partial charge in [-0.05, 0) is 29.3 Å². The first kappa shape index (κ1) is 18.4. The van der Waals surface area contributed by atoms with Gasteiger partial charge in [0, 0.05) is 34.1 Å². The molecule has 7 rings (SSSR count). The molecule has 0 bridgehead atoms. The number of anilines is 2. The SMILES string of the molecule is Clc1ncc(CN2c3ccccc3C3(COc4cc5c(cc43)OCO5)c3ccccc32)s1. The number of thiazole rings is 1.